The Balaban J connectivity index is 2.07. The first-order valence-corrected chi connectivity index (χ1v) is 10.2. The summed E-state index contributed by atoms with van der Waals surface area (Å²) < 4.78 is -1.27. The normalized spacial score (nSPS) is 12.0. The zero-order chi connectivity index (χ0) is 20.9. The van der Waals surface area contributed by atoms with Crippen LogP contribution in [0.15, 0.2) is 53.0 Å². The molecule has 0 bridgehead atoms. The highest BCUT2D eigenvalue weighted by Crippen LogP contribution is 2.29. The molecule has 1 amide bonds. The third-order valence-corrected chi connectivity index (χ3v) is 5.11. The molecule has 5 nitrogen and oxygen atoms in total. The Labute approximate surface area is 191 Å². The van der Waals surface area contributed by atoms with E-state index in [0.29, 0.717) is 21.3 Å². The molecule has 0 aliphatic heterocycles. The third-order valence-electron chi connectivity index (χ3n) is 3.55. The number of alkyl halides is 3. The summed E-state index contributed by atoms with van der Waals surface area (Å²) in [5.74, 6) is -0.497. The van der Waals surface area contributed by atoms with E-state index in [4.69, 9.17) is 47.0 Å². The fourth-order valence-electron chi connectivity index (χ4n) is 2.14. The zero-order valence-corrected chi connectivity index (χ0v) is 19.1. The van der Waals surface area contributed by atoms with E-state index < -0.39 is 15.9 Å². The van der Waals surface area contributed by atoms with Gasteiger partial charge < -0.3 is 16.0 Å². The van der Waals surface area contributed by atoms with E-state index in [9.17, 15) is 9.59 Å². The van der Waals surface area contributed by atoms with Crippen molar-refractivity contribution in [1.82, 2.24) is 10.6 Å². The quantitative estimate of drug-likeness (QED) is 0.221. The minimum Gasteiger partial charge on any atom is -0.339 e. The number of carbonyl (C=O) groups excluding carboxylic acids is 2. The summed E-state index contributed by atoms with van der Waals surface area (Å²) >= 11 is 26.5. The molecule has 0 spiro atoms. The van der Waals surface area contributed by atoms with Crippen LogP contribution in [0.1, 0.15) is 27.6 Å². The van der Waals surface area contributed by atoms with Gasteiger partial charge >= 0.3 is 0 Å². The molecule has 0 saturated heterocycles. The molecule has 0 radical (unpaired) electrons. The Kier molecular flexibility index (Phi) is 8.09. The van der Waals surface area contributed by atoms with Crippen molar-refractivity contribution < 1.29 is 9.59 Å². The molecular weight excluding hydrogens is 509 g/mol. The number of anilines is 1. The van der Waals surface area contributed by atoms with Crippen molar-refractivity contribution in [1.29, 1.82) is 0 Å². The summed E-state index contributed by atoms with van der Waals surface area (Å²) in [6, 6.07) is 13.5. The van der Waals surface area contributed by atoms with Gasteiger partial charge in [-0.3, -0.25) is 9.59 Å². The molecule has 1 unspecified atom stereocenters. The van der Waals surface area contributed by atoms with Crippen LogP contribution >= 0.6 is 63.0 Å². The van der Waals surface area contributed by atoms with E-state index in [1.54, 1.807) is 48.5 Å². The van der Waals surface area contributed by atoms with Crippen molar-refractivity contribution in [3.8, 4) is 0 Å². The van der Waals surface area contributed by atoms with Crippen molar-refractivity contribution in [2.24, 2.45) is 0 Å². The van der Waals surface area contributed by atoms with Gasteiger partial charge in [0.1, 0.15) is 6.17 Å². The fourth-order valence-corrected chi connectivity index (χ4v) is 3.17. The number of nitrogens with one attached hydrogen (secondary N) is 3. The first-order valence-electron chi connectivity index (χ1n) is 7.88. The SMILES string of the molecule is CC(=O)c1ccc(NC(=S)NC(NC(=O)c2ccccc2Br)C(Cl)(Cl)Cl)cc1. The van der Waals surface area contributed by atoms with E-state index in [0.717, 1.165) is 0 Å². The van der Waals surface area contributed by atoms with E-state index in [2.05, 4.69) is 31.9 Å². The number of carbonyl (C=O) groups is 2. The highest BCUT2D eigenvalue weighted by molar-refractivity contribution is 9.10. The number of hydrogen-bond acceptors (Lipinski definition) is 3. The van der Waals surface area contributed by atoms with Crippen LogP contribution in [0.2, 0.25) is 0 Å². The average molecular weight is 524 g/mol. The summed E-state index contributed by atoms with van der Waals surface area (Å²) in [6.45, 7) is 1.48. The number of rotatable bonds is 5. The molecule has 2 aromatic carbocycles. The van der Waals surface area contributed by atoms with E-state index in [1.165, 1.54) is 6.92 Å². The molecule has 28 heavy (non-hydrogen) atoms. The number of ketones is 1. The Morgan fingerprint density at radius 3 is 2.18 bits per heavy atom. The largest absolute Gasteiger partial charge is 0.339 e. The second-order valence-electron chi connectivity index (χ2n) is 5.66. The number of thiocarbonyl (C=S) groups is 1. The highest BCUT2D eigenvalue weighted by atomic mass is 79.9. The molecule has 0 aliphatic carbocycles. The van der Waals surface area contributed by atoms with Gasteiger partial charge in [0.2, 0.25) is 3.79 Å². The van der Waals surface area contributed by atoms with Gasteiger partial charge in [-0.05, 0) is 71.5 Å². The standard InChI is InChI=1S/C18H15BrCl3N3O2S/c1-10(26)11-6-8-12(9-7-11)23-17(28)25-16(18(20,21)22)24-15(27)13-4-2-3-5-14(13)19/h2-9,16H,1H3,(H,24,27)(H2,23,25,28). The van der Waals surface area contributed by atoms with Gasteiger partial charge in [0.25, 0.3) is 5.91 Å². The molecule has 0 fully saturated rings. The molecule has 2 rings (SSSR count). The zero-order valence-electron chi connectivity index (χ0n) is 14.4. The fraction of sp³-hybridized carbons (Fsp3) is 0.167. The van der Waals surface area contributed by atoms with Crippen molar-refractivity contribution >= 4 is 85.4 Å². The molecule has 0 heterocycles. The lowest BCUT2D eigenvalue weighted by Crippen LogP contribution is -2.56. The monoisotopic (exact) mass is 521 g/mol. The van der Waals surface area contributed by atoms with Crippen LogP contribution in [0.3, 0.4) is 0 Å². The van der Waals surface area contributed by atoms with E-state index >= 15 is 0 Å². The minimum absolute atomic E-state index is 0.0432. The number of halogens is 4. The maximum Gasteiger partial charge on any atom is 0.254 e. The van der Waals surface area contributed by atoms with Crippen LogP contribution in [0, 0.1) is 0 Å². The first kappa shape index (κ1) is 22.9. The van der Waals surface area contributed by atoms with Crippen LogP contribution < -0.4 is 16.0 Å². The second-order valence-corrected chi connectivity index (χ2v) is 9.29. The van der Waals surface area contributed by atoms with E-state index in [-0.39, 0.29) is 10.9 Å². The Morgan fingerprint density at radius 1 is 1.04 bits per heavy atom. The Morgan fingerprint density at radius 2 is 1.64 bits per heavy atom. The minimum atomic E-state index is -1.87. The summed E-state index contributed by atoms with van der Waals surface area (Å²) in [5, 5.41) is 8.41. The van der Waals surface area contributed by atoms with Crippen molar-refractivity contribution in [2.45, 2.75) is 16.9 Å². The molecule has 3 N–H and O–H groups in total. The number of benzene rings is 2. The predicted molar refractivity (Wildman–Crippen MR) is 121 cm³/mol. The molecule has 10 heteroatoms. The van der Waals surface area contributed by atoms with Gasteiger partial charge in [0.05, 0.1) is 5.56 Å². The maximum atomic E-state index is 12.5. The molecule has 148 valence electrons. The van der Waals surface area contributed by atoms with Crippen molar-refractivity contribution in [3.63, 3.8) is 0 Å². The molecule has 0 aliphatic rings. The van der Waals surface area contributed by atoms with Gasteiger partial charge in [0.15, 0.2) is 10.9 Å². The lowest BCUT2D eigenvalue weighted by Gasteiger charge is -2.28. The van der Waals surface area contributed by atoms with Crippen molar-refractivity contribution in [3.05, 3.63) is 64.1 Å². The molecular formula is C18H15BrCl3N3O2S. The summed E-state index contributed by atoms with van der Waals surface area (Å²) in [4.78, 5) is 23.8. The van der Waals surface area contributed by atoms with Crippen LogP contribution in [-0.2, 0) is 0 Å². The van der Waals surface area contributed by atoms with Crippen LogP contribution in [0.25, 0.3) is 0 Å². The topological polar surface area (TPSA) is 70.2 Å². The first-order chi connectivity index (χ1) is 13.1. The van der Waals surface area contributed by atoms with Gasteiger partial charge in [-0.1, -0.05) is 46.9 Å². The molecule has 2 aromatic rings. The van der Waals surface area contributed by atoms with Crippen molar-refractivity contribution in [2.75, 3.05) is 5.32 Å². The van der Waals surface area contributed by atoms with E-state index in [1.807, 2.05) is 0 Å². The number of amides is 1. The lowest BCUT2D eigenvalue weighted by molar-refractivity contribution is 0.0933. The van der Waals surface area contributed by atoms with Gasteiger partial charge in [0, 0.05) is 15.7 Å². The number of Topliss-reactive ketones (excluding diaryl/α,β-unsaturated/α-hetero) is 1. The smallest absolute Gasteiger partial charge is 0.254 e. The Bertz CT molecular complexity index is 888. The molecule has 0 saturated carbocycles. The van der Waals surface area contributed by atoms with Gasteiger partial charge in [-0.25, -0.2) is 0 Å². The van der Waals surface area contributed by atoms with Crippen LogP contribution in [0.4, 0.5) is 5.69 Å². The summed E-state index contributed by atoms with van der Waals surface area (Å²) in [7, 11) is 0. The van der Waals surface area contributed by atoms with Crippen LogP contribution in [0.5, 0.6) is 0 Å². The predicted octanol–water partition coefficient (Wildman–Crippen LogP) is 5.06. The lowest BCUT2D eigenvalue weighted by atomic mass is 10.1. The maximum absolute atomic E-state index is 12.5. The summed E-state index contributed by atoms with van der Waals surface area (Å²) in [5.41, 5.74) is 1.58. The number of hydrogen-bond donors (Lipinski definition) is 3. The average Bonchev–Trinajstić information content (AvgIpc) is 2.61. The third kappa shape index (κ3) is 6.60. The molecule has 0 aromatic heterocycles. The van der Waals surface area contributed by atoms with Gasteiger partial charge in [-0.15, -0.1) is 0 Å². The summed E-state index contributed by atoms with van der Waals surface area (Å²) in [6.07, 6.45) is -1.10. The Hall–Kier alpha value is -1.38. The molecule has 1 atom stereocenters. The van der Waals surface area contributed by atoms with Crippen LogP contribution in [-0.4, -0.2) is 26.8 Å². The highest BCUT2D eigenvalue weighted by Gasteiger charge is 2.35. The second kappa shape index (κ2) is 9.89. The van der Waals surface area contributed by atoms with Gasteiger partial charge in [-0.2, -0.15) is 0 Å².